The van der Waals surface area contributed by atoms with Crippen molar-refractivity contribution in [1.82, 2.24) is 14.8 Å². The van der Waals surface area contributed by atoms with Crippen LogP contribution in [0.2, 0.25) is 0 Å². The number of ether oxygens (including phenoxy) is 3. The zero-order valence-electron chi connectivity index (χ0n) is 20.0. The fourth-order valence-corrected chi connectivity index (χ4v) is 4.41. The number of hydrogen-bond acceptors (Lipinski definition) is 6. The summed E-state index contributed by atoms with van der Waals surface area (Å²) in [5, 5.41) is 14.6. The highest BCUT2D eigenvalue weighted by atomic mass is 16.5. The third-order valence-corrected chi connectivity index (χ3v) is 5.88. The fraction of sp³-hybridized carbons (Fsp3) is 0.308. The van der Waals surface area contributed by atoms with E-state index in [2.05, 4.69) is 33.9 Å². The summed E-state index contributed by atoms with van der Waals surface area (Å²) in [6.45, 7) is 9.34. The van der Waals surface area contributed by atoms with Gasteiger partial charge in [-0.2, -0.15) is 5.10 Å². The molecule has 0 atom stereocenters. The average molecular weight is 447 g/mol. The van der Waals surface area contributed by atoms with Crippen molar-refractivity contribution in [1.29, 1.82) is 0 Å². The van der Waals surface area contributed by atoms with E-state index in [1.807, 2.05) is 56.3 Å². The molecule has 7 heteroatoms. The zero-order chi connectivity index (χ0) is 23.5. The molecule has 0 unspecified atom stereocenters. The van der Waals surface area contributed by atoms with Gasteiger partial charge in [-0.25, -0.2) is 0 Å². The summed E-state index contributed by atoms with van der Waals surface area (Å²) in [7, 11) is 3.36. The maximum Gasteiger partial charge on any atom is 0.158 e. The first kappa shape index (κ1) is 22.5. The number of nitrogens with zero attached hydrogens (tertiary/aromatic N) is 3. The van der Waals surface area contributed by atoms with Crippen LogP contribution < -0.4 is 19.5 Å². The van der Waals surface area contributed by atoms with E-state index in [-0.39, 0.29) is 0 Å². The van der Waals surface area contributed by atoms with Crippen molar-refractivity contribution in [2.45, 2.75) is 34.2 Å². The van der Waals surface area contributed by atoms with Gasteiger partial charge in [0.2, 0.25) is 0 Å². The van der Waals surface area contributed by atoms with Gasteiger partial charge in [0.25, 0.3) is 0 Å². The average Bonchev–Trinajstić information content (AvgIpc) is 3.10. The lowest BCUT2D eigenvalue weighted by Crippen LogP contribution is -2.05. The third-order valence-electron chi connectivity index (χ3n) is 5.88. The molecule has 1 N–H and O–H groups in total. The standard InChI is InChI=1S/C26H30N4O3/c1-7-33-20-12-13-21(23(14-20)32-6)30-17(3)24-16(2)28-29-26(25(24)18(30)4)27-15-19-10-8-9-11-22(19)31-5/h8-14H,7,15H2,1-6H3,(H,27,29). The molecule has 172 valence electrons. The van der Waals surface area contributed by atoms with Gasteiger partial charge in [-0.3, -0.25) is 0 Å². The van der Waals surface area contributed by atoms with E-state index in [0.717, 1.165) is 62.2 Å². The molecule has 0 fully saturated rings. The number of nitrogens with one attached hydrogen (secondary N) is 1. The maximum absolute atomic E-state index is 5.72. The highest BCUT2D eigenvalue weighted by Gasteiger charge is 2.21. The van der Waals surface area contributed by atoms with Gasteiger partial charge in [0, 0.05) is 40.3 Å². The smallest absolute Gasteiger partial charge is 0.158 e. The molecule has 0 aliphatic heterocycles. The van der Waals surface area contributed by atoms with Gasteiger partial charge in [0.1, 0.15) is 17.2 Å². The number of benzene rings is 2. The number of para-hydroxylation sites is 1. The molecule has 4 aromatic rings. The molecule has 0 bridgehead atoms. The number of hydrogen-bond donors (Lipinski definition) is 1. The topological polar surface area (TPSA) is 70.4 Å². The Balaban J connectivity index is 1.82. The SMILES string of the molecule is CCOc1ccc(-n2c(C)c3c(C)nnc(NCc4ccccc4OC)c3c2C)c(OC)c1. The number of aromatic nitrogens is 3. The first-order chi connectivity index (χ1) is 16.0. The van der Waals surface area contributed by atoms with Crippen LogP contribution in [0.3, 0.4) is 0 Å². The largest absolute Gasteiger partial charge is 0.496 e. The molecule has 0 radical (unpaired) electrons. The van der Waals surface area contributed by atoms with Crippen LogP contribution in [-0.2, 0) is 6.54 Å². The normalized spacial score (nSPS) is 11.0. The van der Waals surface area contributed by atoms with Crippen LogP contribution >= 0.6 is 0 Å². The van der Waals surface area contributed by atoms with Crippen LogP contribution in [0.15, 0.2) is 42.5 Å². The van der Waals surface area contributed by atoms with Crippen molar-refractivity contribution in [3.63, 3.8) is 0 Å². The molecule has 33 heavy (non-hydrogen) atoms. The lowest BCUT2D eigenvalue weighted by atomic mass is 10.1. The molecule has 2 aromatic carbocycles. The first-order valence-electron chi connectivity index (χ1n) is 11.0. The molecule has 2 aromatic heterocycles. The predicted molar refractivity (Wildman–Crippen MR) is 131 cm³/mol. The maximum atomic E-state index is 5.72. The Bertz CT molecular complexity index is 1300. The Morgan fingerprint density at radius 2 is 1.61 bits per heavy atom. The monoisotopic (exact) mass is 446 g/mol. The van der Waals surface area contributed by atoms with E-state index >= 15 is 0 Å². The van der Waals surface area contributed by atoms with E-state index in [1.54, 1.807) is 14.2 Å². The van der Waals surface area contributed by atoms with Crippen molar-refractivity contribution in [3.05, 3.63) is 65.1 Å². The van der Waals surface area contributed by atoms with E-state index in [9.17, 15) is 0 Å². The molecule has 2 heterocycles. The molecule has 0 saturated carbocycles. The molecule has 7 nitrogen and oxygen atoms in total. The molecule has 0 aliphatic rings. The number of fused-ring (bicyclic) bond motifs is 1. The van der Waals surface area contributed by atoms with E-state index < -0.39 is 0 Å². The van der Waals surface area contributed by atoms with Crippen molar-refractivity contribution >= 4 is 16.6 Å². The summed E-state index contributed by atoms with van der Waals surface area (Å²) in [6.07, 6.45) is 0. The number of methoxy groups -OCH3 is 2. The molecular weight excluding hydrogens is 416 g/mol. The summed E-state index contributed by atoms with van der Waals surface area (Å²) in [5.41, 5.74) is 5.03. The minimum atomic E-state index is 0.576. The summed E-state index contributed by atoms with van der Waals surface area (Å²) in [5.74, 6) is 3.11. The Hall–Kier alpha value is -3.74. The van der Waals surface area contributed by atoms with Crippen molar-refractivity contribution in [3.8, 4) is 22.9 Å². The van der Waals surface area contributed by atoms with Crippen molar-refractivity contribution in [2.75, 3.05) is 26.1 Å². The van der Waals surface area contributed by atoms with Crippen molar-refractivity contribution in [2.24, 2.45) is 0 Å². The van der Waals surface area contributed by atoms with E-state index in [0.29, 0.717) is 13.2 Å². The molecule has 0 aliphatic carbocycles. The van der Waals surface area contributed by atoms with Gasteiger partial charge in [-0.1, -0.05) is 18.2 Å². The van der Waals surface area contributed by atoms with E-state index in [1.165, 1.54) is 0 Å². The van der Waals surface area contributed by atoms with Gasteiger partial charge >= 0.3 is 0 Å². The minimum Gasteiger partial charge on any atom is -0.496 e. The summed E-state index contributed by atoms with van der Waals surface area (Å²) < 4.78 is 19.1. The van der Waals surface area contributed by atoms with Gasteiger partial charge in [0.15, 0.2) is 5.82 Å². The number of anilines is 1. The summed E-state index contributed by atoms with van der Waals surface area (Å²) in [4.78, 5) is 0. The number of rotatable bonds is 8. The van der Waals surface area contributed by atoms with Crippen LogP contribution in [0.5, 0.6) is 17.2 Å². The molecular formula is C26H30N4O3. The summed E-state index contributed by atoms with van der Waals surface area (Å²) in [6, 6.07) is 13.9. The van der Waals surface area contributed by atoms with E-state index in [4.69, 9.17) is 14.2 Å². The predicted octanol–water partition coefficient (Wildman–Crippen LogP) is 5.37. The second kappa shape index (κ2) is 9.40. The zero-order valence-corrected chi connectivity index (χ0v) is 20.0. The molecule has 4 rings (SSSR count). The van der Waals surface area contributed by atoms with Crippen LogP contribution in [0.4, 0.5) is 5.82 Å². The molecule has 0 amide bonds. The second-order valence-electron chi connectivity index (χ2n) is 7.82. The van der Waals surface area contributed by atoms with Crippen LogP contribution in [0.1, 0.15) is 29.6 Å². The highest BCUT2D eigenvalue weighted by Crippen LogP contribution is 2.37. The molecule has 0 saturated heterocycles. The molecule has 0 spiro atoms. The van der Waals surface area contributed by atoms with Gasteiger partial charge in [0.05, 0.1) is 32.2 Å². The minimum absolute atomic E-state index is 0.576. The third kappa shape index (κ3) is 4.06. The lowest BCUT2D eigenvalue weighted by Gasteiger charge is -2.15. The van der Waals surface area contributed by atoms with Gasteiger partial charge in [-0.05, 0) is 45.9 Å². The van der Waals surface area contributed by atoms with Crippen molar-refractivity contribution < 1.29 is 14.2 Å². The first-order valence-corrected chi connectivity index (χ1v) is 11.0. The quantitative estimate of drug-likeness (QED) is 0.392. The lowest BCUT2D eigenvalue weighted by molar-refractivity contribution is 0.336. The highest BCUT2D eigenvalue weighted by molar-refractivity contribution is 5.98. The summed E-state index contributed by atoms with van der Waals surface area (Å²) >= 11 is 0. The second-order valence-corrected chi connectivity index (χ2v) is 7.82. The van der Waals surface area contributed by atoms with Crippen LogP contribution in [-0.4, -0.2) is 35.6 Å². The Kier molecular flexibility index (Phi) is 6.40. The Morgan fingerprint density at radius 3 is 2.33 bits per heavy atom. The Morgan fingerprint density at radius 1 is 0.879 bits per heavy atom. The number of aryl methyl sites for hydroxylation is 3. The van der Waals surface area contributed by atoms with Crippen LogP contribution in [0, 0.1) is 20.8 Å². The van der Waals surface area contributed by atoms with Gasteiger partial charge < -0.3 is 24.1 Å². The fourth-order valence-electron chi connectivity index (χ4n) is 4.41. The Labute approximate surface area is 194 Å². The van der Waals surface area contributed by atoms with Crippen LogP contribution in [0.25, 0.3) is 16.5 Å². The van der Waals surface area contributed by atoms with Gasteiger partial charge in [-0.15, -0.1) is 5.10 Å².